The molecule has 0 aliphatic rings. The minimum absolute atomic E-state index is 0.594. The molecule has 1 heterocycles. The van der Waals surface area contributed by atoms with Gasteiger partial charge in [0, 0.05) is 25.1 Å². The Kier molecular flexibility index (Phi) is 9.39. The maximum Gasteiger partial charge on any atom is 0.191 e. The van der Waals surface area contributed by atoms with E-state index in [1.165, 1.54) is 5.56 Å². The first-order chi connectivity index (χ1) is 13.7. The summed E-state index contributed by atoms with van der Waals surface area (Å²) in [7, 11) is 1.69. The second-order valence-electron chi connectivity index (χ2n) is 6.67. The topological polar surface area (TPSA) is 71.7 Å². The van der Waals surface area contributed by atoms with Crippen LogP contribution in [-0.2, 0) is 25.8 Å². The molecule has 6 nitrogen and oxygen atoms in total. The number of aromatic nitrogens is 1. The number of guanidine groups is 1. The Morgan fingerprint density at radius 1 is 1.07 bits per heavy atom. The van der Waals surface area contributed by atoms with Gasteiger partial charge in [-0.2, -0.15) is 0 Å². The molecule has 28 heavy (non-hydrogen) atoms. The predicted octanol–water partition coefficient (Wildman–Crippen LogP) is 3.89. The molecule has 1 aromatic heterocycles. The minimum atomic E-state index is 0.594. The minimum Gasteiger partial charge on any atom is -0.497 e. The molecule has 0 aliphatic heterocycles. The highest BCUT2D eigenvalue weighted by Gasteiger charge is 2.13. The average molecular weight is 387 g/mol. The zero-order valence-corrected chi connectivity index (χ0v) is 17.7. The van der Waals surface area contributed by atoms with Gasteiger partial charge in [0.15, 0.2) is 5.96 Å². The van der Waals surface area contributed by atoms with Crippen LogP contribution in [0.15, 0.2) is 33.8 Å². The van der Waals surface area contributed by atoms with E-state index in [0.29, 0.717) is 6.54 Å². The first kappa shape index (κ1) is 21.8. The van der Waals surface area contributed by atoms with E-state index >= 15 is 0 Å². The summed E-state index contributed by atoms with van der Waals surface area (Å²) in [6, 6.07) is 8.30. The number of benzene rings is 1. The normalized spacial score (nSPS) is 11.5. The van der Waals surface area contributed by atoms with Crippen molar-refractivity contribution in [2.24, 2.45) is 4.99 Å². The Bertz CT molecular complexity index is 701. The number of hydrogen-bond acceptors (Lipinski definition) is 4. The molecule has 2 rings (SSSR count). The summed E-state index contributed by atoms with van der Waals surface area (Å²) in [6.45, 7) is 8.58. The molecule has 154 valence electrons. The second-order valence-corrected chi connectivity index (χ2v) is 6.67. The van der Waals surface area contributed by atoms with Gasteiger partial charge in [0.05, 0.1) is 19.3 Å². The van der Waals surface area contributed by atoms with Gasteiger partial charge in [0.2, 0.25) is 0 Å². The average Bonchev–Trinajstić information content (AvgIpc) is 3.14. The zero-order chi connectivity index (χ0) is 20.2. The Morgan fingerprint density at radius 3 is 2.50 bits per heavy atom. The van der Waals surface area contributed by atoms with Crippen molar-refractivity contribution in [2.45, 2.75) is 59.4 Å². The molecule has 0 bridgehead atoms. The van der Waals surface area contributed by atoms with Gasteiger partial charge in [-0.25, -0.2) is 4.99 Å². The molecule has 0 spiro atoms. The third-order valence-corrected chi connectivity index (χ3v) is 4.69. The van der Waals surface area contributed by atoms with Gasteiger partial charge < -0.3 is 19.9 Å². The zero-order valence-electron chi connectivity index (χ0n) is 17.7. The smallest absolute Gasteiger partial charge is 0.191 e. The van der Waals surface area contributed by atoms with E-state index in [0.717, 1.165) is 73.9 Å². The molecular weight excluding hydrogens is 352 g/mol. The van der Waals surface area contributed by atoms with Crippen LogP contribution in [0, 0.1) is 0 Å². The first-order valence-electron chi connectivity index (χ1n) is 10.3. The Balaban J connectivity index is 1.80. The number of hydrogen-bond donors (Lipinski definition) is 2. The van der Waals surface area contributed by atoms with Crippen molar-refractivity contribution in [3.8, 4) is 5.75 Å². The number of unbranched alkanes of at least 4 members (excludes halogenated alkanes) is 1. The molecule has 6 heteroatoms. The Morgan fingerprint density at radius 2 is 1.86 bits per heavy atom. The lowest BCUT2D eigenvalue weighted by Gasteiger charge is -2.11. The van der Waals surface area contributed by atoms with Crippen LogP contribution in [-0.4, -0.2) is 31.3 Å². The highest BCUT2D eigenvalue weighted by atomic mass is 16.5. The SMILES string of the molecule is CCNC(=NCc1c(CC)noc1CC)NCCCCc1ccc(OC)cc1. The molecular formula is C22H34N4O2. The second kappa shape index (κ2) is 12.1. The van der Waals surface area contributed by atoms with E-state index in [2.05, 4.69) is 48.7 Å². The van der Waals surface area contributed by atoms with Crippen LogP contribution in [0.5, 0.6) is 5.75 Å². The number of rotatable bonds is 11. The van der Waals surface area contributed by atoms with Crippen LogP contribution in [0.1, 0.15) is 56.2 Å². The molecule has 0 saturated carbocycles. The summed E-state index contributed by atoms with van der Waals surface area (Å²) in [5.74, 6) is 2.69. The fourth-order valence-electron chi connectivity index (χ4n) is 3.07. The van der Waals surface area contributed by atoms with E-state index in [9.17, 15) is 0 Å². The summed E-state index contributed by atoms with van der Waals surface area (Å²) in [4.78, 5) is 4.73. The van der Waals surface area contributed by atoms with Gasteiger partial charge in [-0.3, -0.25) is 0 Å². The van der Waals surface area contributed by atoms with Gasteiger partial charge in [0.25, 0.3) is 0 Å². The molecule has 0 amide bonds. The number of ether oxygens (including phenoxy) is 1. The van der Waals surface area contributed by atoms with E-state index in [1.807, 2.05) is 12.1 Å². The fraction of sp³-hybridized carbons (Fsp3) is 0.545. The number of nitrogens with one attached hydrogen (secondary N) is 2. The molecule has 0 atom stereocenters. The molecule has 0 unspecified atom stereocenters. The van der Waals surface area contributed by atoms with Crippen LogP contribution < -0.4 is 15.4 Å². The van der Waals surface area contributed by atoms with Crippen LogP contribution in [0.25, 0.3) is 0 Å². The monoisotopic (exact) mass is 386 g/mol. The Labute approximate surface area is 168 Å². The Hall–Kier alpha value is -2.50. The molecule has 2 N–H and O–H groups in total. The van der Waals surface area contributed by atoms with Crippen LogP contribution in [0.3, 0.4) is 0 Å². The lowest BCUT2D eigenvalue weighted by molar-refractivity contribution is 0.380. The van der Waals surface area contributed by atoms with Crippen LogP contribution in [0.4, 0.5) is 0 Å². The molecule has 0 fully saturated rings. The predicted molar refractivity (Wildman–Crippen MR) is 114 cm³/mol. The standard InChI is InChI=1S/C22H34N4O2/c1-5-20-19(21(6-2)28-26-20)16-25-22(23-7-3)24-15-9-8-10-17-11-13-18(27-4)14-12-17/h11-14H,5-10,15-16H2,1-4H3,(H2,23,24,25). The summed E-state index contributed by atoms with van der Waals surface area (Å²) in [5, 5.41) is 10.9. The quantitative estimate of drug-likeness (QED) is 0.348. The van der Waals surface area contributed by atoms with Crippen molar-refractivity contribution in [1.29, 1.82) is 0 Å². The number of aliphatic imine (C=N–C) groups is 1. The van der Waals surface area contributed by atoms with Gasteiger partial charge in [-0.05, 0) is 50.3 Å². The highest BCUT2D eigenvalue weighted by Crippen LogP contribution is 2.17. The van der Waals surface area contributed by atoms with Crippen molar-refractivity contribution in [2.75, 3.05) is 20.2 Å². The summed E-state index contributed by atoms with van der Waals surface area (Å²) in [6.07, 6.45) is 4.99. The van der Waals surface area contributed by atoms with Gasteiger partial charge in [-0.1, -0.05) is 31.1 Å². The lowest BCUT2D eigenvalue weighted by Crippen LogP contribution is -2.37. The maximum absolute atomic E-state index is 5.43. The number of aryl methyl sites for hydroxylation is 3. The van der Waals surface area contributed by atoms with Crippen molar-refractivity contribution in [1.82, 2.24) is 15.8 Å². The molecule has 0 saturated heterocycles. The van der Waals surface area contributed by atoms with Crippen molar-refractivity contribution < 1.29 is 9.26 Å². The summed E-state index contributed by atoms with van der Waals surface area (Å²) < 4.78 is 10.6. The fourth-order valence-corrected chi connectivity index (χ4v) is 3.07. The van der Waals surface area contributed by atoms with Gasteiger partial charge in [-0.15, -0.1) is 0 Å². The van der Waals surface area contributed by atoms with Crippen molar-refractivity contribution >= 4 is 5.96 Å². The van der Waals surface area contributed by atoms with Crippen LogP contribution in [0.2, 0.25) is 0 Å². The molecule has 1 aromatic carbocycles. The number of nitrogens with zero attached hydrogens (tertiary/aromatic N) is 2. The molecule has 0 radical (unpaired) electrons. The van der Waals surface area contributed by atoms with Crippen molar-refractivity contribution in [3.63, 3.8) is 0 Å². The van der Waals surface area contributed by atoms with E-state index < -0.39 is 0 Å². The molecule has 0 aliphatic carbocycles. The number of methoxy groups -OCH3 is 1. The summed E-state index contributed by atoms with van der Waals surface area (Å²) >= 11 is 0. The first-order valence-corrected chi connectivity index (χ1v) is 10.3. The molecule has 2 aromatic rings. The third-order valence-electron chi connectivity index (χ3n) is 4.69. The van der Waals surface area contributed by atoms with E-state index in [-0.39, 0.29) is 0 Å². The van der Waals surface area contributed by atoms with Gasteiger partial charge in [0.1, 0.15) is 11.5 Å². The van der Waals surface area contributed by atoms with E-state index in [1.54, 1.807) is 7.11 Å². The summed E-state index contributed by atoms with van der Waals surface area (Å²) in [5.41, 5.74) is 3.48. The van der Waals surface area contributed by atoms with Gasteiger partial charge >= 0.3 is 0 Å². The van der Waals surface area contributed by atoms with E-state index in [4.69, 9.17) is 14.3 Å². The largest absolute Gasteiger partial charge is 0.497 e. The highest BCUT2D eigenvalue weighted by molar-refractivity contribution is 5.79. The third kappa shape index (κ3) is 6.59. The maximum atomic E-state index is 5.43. The van der Waals surface area contributed by atoms with Crippen molar-refractivity contribution in [3.05, 3.63) is 46.8 Å². The van der Waals surface area contributed by atoms with Crippen LogP contribution >= 0.6 is 0 Å². The lowest BCUT2D eigenvalue weighted by atomic mass is 10.1.